The highest BCUT2D eigenvalue weighted by Crippen LogP contribution is 2.34. The van der Waals surface area contributed by atoms with Gasteiger partial charge >= 0.3 is 12.0 Å². The van der Waals surface area contributed by atoms with Crippen molar-refractivity contribution < 1.29 is 14.2 Å². The zero-order valence-electron chi connectivity index (χ0n) is 20.3. The molecular weight excluding hydrogens is 416 g/mol. The molecule has 3 aliphatic rings. The number of urea groups is 1. The fourth-order valence-electron chi connectivity index (χ4n) is 5.32. The second kappa shape index (κ2) is 8.09. The fourth-order valence-corrected chi connectivity index (χ4v) is 5.32. The summed E-state index contributed by atoms with van der Waals surface area (Å²) >= 11 is 0. The van der Waals surface area contributed by atoms with Crippen LogP contribution in [0.1, 0.15) is 47.8 Å². The van der Waals surface area contributed by atoms with E-state index >= 15 is 0 Å². The lowest BCUT2D eigenvalue weighted by Gasteiger charge is -2.35. The average molecular weight is 450 g/mol. The Kier molecular flexibility index (Phi) is 5.35. The predicted molar refractivity (Wildman–Crippen MR) is 126 cm³/mol. The minimum atomic E-state index is -0.603. The third-order valence-electron chi connectivity index (χ3n) is 7.41. The smallest absolute Gasteiger partial charge is 0.302 e. The Balaban J connectivity index is 1.53. The minimum Gasteiger partial charge on any atom is -0.302 e. The third-order valence-corrected chi connectivity index (χ3v) is 7.41. The van der Waals surface area contributed by atoms with Crippen LogP contribution in [0.4, 0.5) is 10.7 Å². The number of hydrogen-bond acceptors (Lipinski definition) is 4. The lowest BCUT2D eigenvalue weighted by Crippen LogP contribution is -2.64. The summed E-state index contributed by atoms with van der Waals surface area (Å²) in [7, 11) is 1.73. The highest BCUT2D eigenvalue weighted by atomic mass is 16.2. The molecule has 1 aromatic heterocycles. The van der Waals surface area contributed by atoms with Gasteiger partial charge in [-0.3, -0.25) is 14.6 Å². The zero-order chi connectivity index (χ0) is 23.4. The van der Waals surface area contributed by atoms with Crippen LogP contribution in [0, 0.1) is 27.7 Å². The number of rotatable bonds is 4. The van der Waals surface area contributed by atoms with Crippen LogP contribution in [0.3, 0.4) is 0 Å². The number of likely N-dealkylation sites (N-methyl/N-ethyl adjacent to an activating group) is 1. The summed E-state index contributed by atoms with van der Waals surface area (Å²) in [4.78, 5) is 37.0. The van der Waals surface area contributed by atoms with E-state index in [2.05, 4.69) is 48.4 Å². The molecule has 8 nitrogen and oxygen atoms in total. The van der Waals surface area contributed by atoms with E-state index in [4.69, 9.17) is 4.99 Å². The number of nitrogens with zero attached hydrogens (tertiary/aromatic N) is 6. The number of aliphatic imine (C=N–C) groups is 1. The van der Waals surface area contributed by atoms with Gasteiger partial charge in [0.05, 0.1) is 0 Å². The number of aryl methyl sites for hydroxylation is 2. The summed E-state index contributed by atoms with van der Waals surface area (Å²) in [5.74, 6) is 1.03. The Morgan fingerprint density at radius 3 is 2.48 bits per heavy atom. The van der Waals surface area contributed by atoms with Crippen molar-refractivity contribution in [2.75, 3.05) is 33.2 Å². The molecule has 2 saturated heterocycles. The quantitative estimate of drug-likeness (QED) is 0.674. The lowest BCUT2D eigenvalue weighted by molar-refractivity contribution is -0.682. The van der Waals surface area contributed by atoms with E-state index in [1.165, 1.54) is 24.2 Å². The Bertz CT molecular complexity index is 1170. The van der Waals surface area contributed by atoms with Gasteiger partial charge in [-0.15, -0.1) is 0 Å². The average Bonchev–Trinajstić information content (AvgIpc) is 3.30. The Morgan fingerprint density at radius 1 is 1.03 bits per heavy atom. The van der Waals surface area contributed by atoms with Crippen molar-refractivity contribution in [1.29, 1.82) is 0 Å². The van der Waals surface area contributed by atoms with Crippen LogP contribution in [-0.4, -0.2) is 70.3 Å². The van der Waals surface area contributed by atoms with Crippen molar-refractivity contribution in [3.05, 3.63) is 40.7 Å². The number of amides is 3. The van der Waals surface area contributed by atoms with Crippen LogP contribution in [0.2, 0.25) is 0 Å². The molecule has 3 amide bonds. The third kappa shape index (κ3) is 3.39. The fraction of sp³-hybridized carbons (Fsp3) is 0.520. The molecule has 4 heterocycles. The van der Waals surface area contributed by atoms with Crippen LogP contribution in [0.5, 0.6) is 0 Å². The van der Waals surface area contributed by atoms with Crippen LogP contribution in [-0.2, 0) is 4.79 Å². The van der Waals surface area contributed by atoms with Crippen molar-refractivity contribution >= 4 is 23.7 Å². The normalized spacial score (nSPS) is 20.9. The molecule has 8 heteroatoms. The molecule has 0 spiro atoms. The monoisotopic (exact) mass is 449 g/mol. The molecule has 2 aromatic rings. The molecule has 0 aliphatic carbocycles. The van der Waals surface area contributed by atoms with Gasteiger partial charge < -0.3 is 4.90 Å². The van der Waals surface area contributed by atoms with Gasteiger partial charge in [0.2, 0.25) is 11.9 Å². The number of hydrogen-bond donors (Lipinski definition) is 0. The molecule has 0 N–H and O–H groups in total. The van der Waals surface area contributed by atoms with Crippen LogP contribution >= 0.6 is 0 Å². The summed E-state index contributed by atoms with van der Waals surface area (Å²) < 4.78 is 4.12. The summed E-state index contributed by atoms with van der Waals surface area (Å²) in [5.41, 5.74) is 5.39. The molecule has 174 valence electrons. The number of carbonyl (C=O) groups is 2. The Hall–Kier alpha value is -3.00. The molecule has 1 atom stereocenters. The first-order valence-electron chi connectivity index (χ1n) is 11.9. The van der Waals surface area contributed by atoms with E-state index in [-0.39, 0.29) is 11.9 Å². The molecule has 3 aliphatic heterocycles. The standard InChI is InChI=1S/C25H33N6O2/c1-16-9-10-17(2)20(15-16)30-18(3)19(4)31-21-22(26-24(30)31)27(5)25(33)29(23(21)32)14-13-28-11-7-6-8-12-28/h9-10,15,21H,6-8,11-14H2,1-5H3/q+1. The van der Waals surface area contributed by atoms with Crippen molar-refractivity contribution in [3.8, 4) is 5.69 Å². The highest BCUT2D eigenvalue weighted by molar-refractivity contribution is 6.19. The molecule has 0 saturated carbocycles. The largest absolute Gasteiger partial charge is 0.407 e. The molecule has 33 heavy (non-hydrogen) atoms. The van der Waals surface area contributed by atoms with E-state index in [1.54, 1.807) is 11.9 Å². The molecular formula is C25H33N6O2+. The first-order valence-corrected chi connectivity index (χ1v) is 11.9. The van der Waals surface area contributed by atoms with E-state index < -0.39 is 6.04 Å². The second-order valence-electron chi connectivity index (χ2n) is 9.57. The summed E-state index contributed by atoms with van der Waals surface area (Å²) in [5, 5.41) is 0. The number of benzene rings is 1. The molecule has 1 aromatic carbocycles. The maximum atomic E-state index is 13.7. The van der Waals surface area contributed by atoms with E-state index in [9.17, 15) is 9.59 Å². The predicted octanol–water partition coefficient (Wildman–Crippen LogP) is 2.96. The maximum Gasteiger partial charge on any atom is 0.407 e. The summed E-state index contributed by atoms with van der Waals surface area (Å²) in [6.45, 7) is 11.5. The first-order chi connectivity index (χ1) is 15.8. The van der Waals surface area contributed by atoms with Gasteiger partial charge in [0.1, 0.15) is 17.1 Å². The number of imidazole rings is 1. The highest BCUT2D eigenvalue weighted by Gasteiger charge is 2.54. The molecule has 0 radical (unpaired) electrons. The van der Waals surface area contributed by atoms with Gasteiger partial charge in [-0.2, -0.15) is 4.57 Å². The molecule has 5 rings (SSSR count). The van der Waals surface area contributed by atoms with Gasteiger partial charge in [-0.05, 0) is 70.8 Å². The summed E-state index contributed by atoms with van der Waals surface area (Å²) in [6, 6.07) is 5.46. The Morgan fingerprint density at radius 2 is 1.76 bits per heavy atom. The number of imide groups is 1. The SMILES string of the molecule is Cc1ccc(C)c(-n2c(C)c(C)[n+]3c2N=C2C3C(=O)N(CCN3CCCCC3)C(=O)N2C)c1. The first kappa shape index (κ1) is 21.8. The van der Waals surface area contributed by atoms with Gasteiger partial charge in [0.25, 0.3) is 5.91 Å². The number of likely N-dealkylation sites (tertiary alicyclic amines) is 1. The molecule has 2 fully saturated rings. The van der Waals surface area contributed by atoms with E-state index in [0.29, 0.717) is 18.3 Å². The van der Waals surface area contributed by atoms with Crippen molar-refractivity contribution in [2.45, 2.75) is 53.0 Å². The van der Waals surface area contributed by atoms with Crippen LogP contribution in [0.15, 0.2) is 23.2 Å². The number of aromatic nitrogens is 2. The zero-order valence-corrected chi connectivity index (χ0v) is 20.3. The molecule has 0 bridgehead atoms. The van der Waals surface area contributed by atoms with Gasteiger partial charge in [0, 0.05) is 20.1 Å². The number of fused-ring (bicyclic) bond motifs is 3. The van der Waals surface area contributed by atoms with Crippen molar-refractivity contribution in [2.24, 2.45) is 4.99 Å². The minimum absolute atomic E-state index is 0.182. The van der Waals surface area contributed by atoms with Crippen molar-refractivity contribution in [3.63, 3.8) is 0 Å². The van der Waals surface area contributed by atoms with Gasteiger partial charge in [-0.1, -0.05) is 23.5 Å². The van der Waals surface area contributed by atoms with Crippen LogP contribution < -0.4 is 4.57 Å². The number of carbonyl (C=O) groups excluding carboxylic acids is 2. The number of piperidine rings is 1. The lowest BCUT2D eigenvalue weighted by atomic mass is 10.1. The van der Waals surface area contributed by atoms with E-state index in [0.717, 1.165) is 47.8 Å². The van der Waals surface area contributed by atoms with Crippen LogP contribution in [0.25, 0.3) is 5.69 Å². The Labute approximate surface area is 195 Å². The van der Waals surface area contributed by atoms with Crippen molar-refractivity contribution in [1.82, 2.24) is 19.3 Å². The molecule has 1 unspecified atom stereocenters. The second-order valence-corrected chi connectivity index (χ2v) is 9.57. The topological polar surface area (TPSA) is 65.0 Å². The maximum absolute atomic E-state index is 13.7. The number of amidine groups is 1. The van der Waals surface area contributed by atoms with Gasteiger partial charge in [-0.25, -0.2) is 9.36 Å². The summed E-state index contributed by atoms with van der Waals surface area (Å²) in [6.07, 6.45) is 3.63. The van der Waals surface area contributed by atoms with E-state index in [1.807, 2.05) is 11.5 Å². The van der Waals surface area contributed by atoms with Gasteiger partial charge in [0.15, 0.2) is 0 Å².